The van der Waals surface area contributed by atoms with Crippen molar-refractivity contribution in [3.05, 3.63) is 34.3 Å². The highest BCUT2D eigenvalue weighted by molar-refractivity contribution is 9.10. The van der Waals surface area contributed by atoms with E-state index < -0.39 is 7.60 Å². The lowest BCUT2D eigenvalue weighted by molar-refractivity contribution is 0.275. The zero-order chi connectivity index (χ0) is 10.6. The third-order valence-electron chi connectivity index (χ3n) is 1.85. The number of benzene rings is 1. The molecule has 0 spiro atoms. The molecule has 0 unspecified atom stereocenters. The van der Waals surface area contributed by atoms with Crippen molar-refractivity contribution >= 4 is 23.5 Å². The standard InChI is InChI=1S/C9H12BrO3P/c1-12-14(11,13-2)7-8-3-5-9(10)6-4-8/h3-6H,7H2,1-2H3. The summed E-state index contributed by atoms with van der Waals surface area (Å²) in [6, 6.07) is 7.56. The summed E-state index contributed by atoms with van der Waals surface area (Å²) >= 11 is 3.33. The van der Waals surface area contributed by atoms with Crippen LogP contribution in [-0.2, 0) is 19.8 Å². The molecule has 0 heterocycles. The molecule has 0 saturated carbocycles. The molecule has 0 aromatic heterocycles. The molecule has 3 nitrogen and oxygen atoms in total. The fourth-order valence-electron chi connectivity index (χ4n) is 1.02. The first-order valence-electron chi connectivity index (χ1n) is 4.04. The maximum atomic E-state index is 11.7. The van der Waals surface area contributed by atoms with Crippen molar-refractivity contribution in [3.8, 4) is 0 Å². The van der Waals surface area contributed by atoms with Crippen LogP contribution in [0.3, 0.4) is 0 Å². The van der Waals surface area contributed by atoms with Gasteiger partial charge >= 0.3 is 7.60 Å². The number of hydrogen-bond donors (Lipinski definition) is 0. The second-order valence-electron chi connectivity index (χ2n) is 2.76. The van der Waals surface area contributed by atoms with E-state index >= 15 is 0 Å². The first kappa shape index (κ1) is 11.9. The third kappa shape index (κ3) is 3.21. The molecule has 0 fully saturated rings. The van der Waals surface area contributed by atoms with Crippen molar-refractivity contribution in [2.24, 2.45) is 0 Å². The van der Waals surface area contributed by atoms with Crippen LogP contribution in [0.15, 0.2) is 28.7 Å². The van der Waals surface area contributed by atoms with E-state index in [0.717, 1.165) is 10.0 Å². The number of rotatable bonds is 4. The number of hydrogen-bond acceptors (Lipinski definition) is 3. The maximum absolute atomic E-state index is 11.7. The van der Waals surface area contributed by atoms with Gasteiger partial charge in [-0.1, -0.05) is 28.1 Å². The van der Waals surface area contributed by atoms with Crippen LogP contribution in [0.4, 0.5) is 0 Å². The number of halogens is 1. The lowest BCUT2D eigenvalue weighted by atomic mass is 10.2. The second-order valence-corrected chi connectivity index (χ2v) is 5.94. The highest BCUT2D eigenvalue weighted by Gasteiger charge is 2.21. The smallest absolute Gasteiger partial charge is 0.312 e. The van der Waals surface area contributed by atoms with Gasteiger partial charge < -0.3 is 9.05 Å². The molecule has 0 N–H and O–H groups in total. The molecular weight excluding hydrogens is 267 g/mol. The topological polar surface area (TPSA) is 35.5 Å². The van der Waals surface area contributed by atoms with Crippen molar-refractivity contribution in [1.29, 1.82) is 0 Å². The molecule has 0 atom stereocenters. The molecule has 0 saturated heterocycles. The molecule has 1 aromatic rings. The molecule has 1 rings (SSSR count). The predicted octanol–water partition coefficient (Wildman–Crippen LogP) is 3.44. The summed E-state index contributed by atoms with van der Waals surface area (Å²) in [6.07, 6.45) is 0.299. The Labute approximate surface area is 92.1 Å². The van der Waals surface area contributed by atoms with Crippen molar-refractivity contribution in [2.45, 2.75) is 6.16 Å². The predicted molar refractivity (Wildman–Crippen MR) is 59.5 cm³/mol. The van der Waals surface area contributed by atoms with Crippen LogP contribution in [0.5, 0.6) is 0 Å². The quantitative estimate of drug-likeness (QED) is 0.792. The minimum absolute atomic E-state index is 0.299. The van der Waals surface area contributed by atoms with Gasteiger partial charge in [0.15, 0.2) is 0 Å². The van der Waals surface area contributed by atoms with Crippen LogP contribution in [0, 0.1) is 0 Å². The summed E-state index contributed by atoms with van der Waals surface area (Å²) in [5.74, 6) is 0. The Hall–Kier alpha value is -0.150. The molecule has 1 aromatic carbocycles. The average Bonchev–Trinajstić information content (AvgIpc) is 2.21. The van der Waals surface area contributed by atoms with Crippen LogP contribution in [0.1, 0.15) is 5.56 Å². The Morgan fingerprint density at radius 3 is 2.14 bits per heavy atom. The lowest BCUT2D eigenvalue weighted by Crippen LogP contribution is -1.93. The minimum atomic E-state index is -2.93. The summed E-state index contributed by atoms with van der Waals surface area (Å²) in [6.45, 7) is 0. The van der Waals surface area contributed by atoms with Gasteiger partial charge in [-0.25, -0.2) is 0 Å². The first-order chi connectivity index (χ1) is 6.59. The molecular formula is C9H12BrO3P. The van der Waals surface area contributed by atoms with E-state index in [2.05, 4.69) is 15.9 Å². The summed E-state index contributed by atoms with van der Waals surface area (Å²) < 4.78 is 22.4. The van der Waals surface area contributed by atoms with Gasteiger partial charge in [-0.3, -0.25) is 4.57 Å². The molecule has 0 aliphatic rings. The second kappa shape index (κ2) is 5.08. The highest BCUT2D eigenvalue weighted by Crippen LogP contribution is 2.49. The Bertz CT molecular complexity index is 328. The largest absolute Gasteiger partial charge is 0.334 e. The fourth-order valence-corrected chi connectivity index (χ4v) is 2.35. The van der Waals surface area contributed by atoms with E-state index in [1.165, 1.54) is 14.2 Å². The first-order valence-corrected chi connectivity index (χ1v) is 6.57. The van der Waals surface area contributed by atoms with Gasteiger partial charge in [0.25, 0.3) is 0 Å². The Morgan fingerprint density at radius 2 is 1.71 bits per heavy atom. The van der Waals surface area contributed by atoms with Crippen LogP contribution < -0.4 is 0 Å². The van der Waals surface area contributed by atoms with Gasteiger partial charge in [-0.15, -0.1) is 0 Å². The van der Waals surface area contributed by atoms with Crippen molar-refractivity contribution in [2.75, 3.05) is 14.2 Å². The van der Waals surface area contributed by atoms with Gasteiger partial charge in [-0.05, 0) is 17.7 Å². The molecule has 0 aliphatic carbocycles. The average molecular weight is 279 g/mol. The SMILES string of the molecule is COP(=O)(Cc1ccc(Br)cc1)OC. The minimum Gasteiger partial charge on any atom is -0.312 e. The van der Waals surface area contributed by atoms with Crippen LogP contribution in [0.2, 0.25) is 0 Å². The zero-order valence-corrected chi connectivity index (χ0v) is 10.5. The van der Waals surface area contributed by atoms with Crippen molar-refractivity contribution in [3.63, 3.8) is 0 Å². The van der Waals surface area contributed by atoms with Crippen molar-refractivity contribution in [1.82, 2.24) is 0 Å². The van der Waals surface area contributed by atoms with Crippen molar-refractivity contribution < 1.29 is 13.6 Å². The molecule has 78 valence electrons. The van der Waals surface area contributed by atoms with Gasteiger partial charge in [0.1, 0.15) is 0 Å². The van der Waals surface area contributed by atoms with Gasteiger partial charge in [0.05, 0.1) is 6.16 Å². The van der Waals surface area contributed by atoms with E-state index in [-0.39, 0.29) is 0 Å². The summed E-state index contributed by atoms with van der Waals surface area (Å²) in [5.41, 5.74) is 0.931. The van der Waals surface area contributed by atoms with Crippen LogP contribution in [0.25, 0.3) is 0 Å². The summed E-state index contributed by atoms with van der Waals surface area (Å²) in [4.78, 5) is 0. The Balaban J connectivity index is 2.78. The van der Waals surface area contributed by atoms with E-state index in [1.807, 2.05) is 24.3 Å². The summed E-state index contributed by atoms with van der Waals surface area (Å²) in [7, 11) is -0.149. The molecule has 14 heavy (non-hydrogen) atoms. The summed E-state index contributed by atoms with van der Waals surface area (Å²) in [5, 5.41) is 0. The van der Waals surface area contributed by atoms with E-state index in [9.17, 15) is 4.57 Å². The van der Waals surface area contributed by atoms with Crippen LogP contribution >= 0.6 is 23.5 Å². The maximum Gasteiger partial charge on any atom is 0.334 e. The van der Waals surface area contributed by atoms with E-state index in [1.54, 1.807) is 0 Å². The van der Waals surface area contributed by atoms with E-state index in [4.69, 9.17) is 9.05 Å². The zero-order valence-electron chi connectivity index (χ0n) is 8.07. The third-order valence-corrected chi connectivity index (χ3v) is 4.24. The van der Waals surface area contributed by atoms with Crippen LogP contribution in [-0.4, -0.2) is 14.2 Å². The molecule has 0 radical (unpaired) electrons. The highest BCUT2D eigenvalue weighted by atomic mass is 79.9. The Kier molecular flexibility index (Phi) is 4.32. The van der Waals surface area contributed by atoms with Gasteiger partial charge in [0, 0.05) is 18.7 Å². The normalized spacial score (nSPS) is 11.6. The lowest BCUT2D eigenvalue weighted by Gasteiger charge is -2.13. The fraction of sp³-hybridized carbons (Fsp3) is 0.333. The molecule has 5 heteroatoms. The van der Waals surface area contributed by atoms with Gasteiger partial charge in [0.2, 0.25) is 0 Å². The van der Waals surface area contributed by atoms with Gasteiger partial charge in [-0.2, -0.15) is 0 Å². The Morgan fingerprint density at radius 1 is 1.21 bits per heavy atom. The monoisotopic (exact) mass is 278 g/mol. The molecule has 0 bridgehead atoms. The van der Waals surface area contributed by atoms with E-state index in [0.29, 0.717) is 6.16 Å². The molecule has 0 amide bonds. The molecule has 0 aliphatic heterocycles.